The van der Waals surface area contributed by atoms with Gasteiger partial charge >= 0.3 is 5.97 Å². The van der Waals surface area contributed by atoms with Crippen molar-refractivity contribution in [3.63, 3.8) is 0 Å². The highest BCUT2D eigenvalue weighted by atomic mass is 16.5. The van der Waals surface area contributed by atoms with Gasteiger partial charge in [-0.25, -0.2) is 0 Å². The molecule has 1 unspecified atom stereocenters. The number of esters is 1. The van der Waals surface area contributed by atoms with Gasteiger partial charge in [-0.3, -0.25) is 9.59 Å². The number of hydrogen-bond acceptors (Lipinski definition) is 5. The van der Waals surface area contributed by atoms with Crippen molar-refractivity contribution in [2.75, 3.05) is 44.7 Å². The Bertz CT molecular complexity index is 800. The molecule has 1 N–H and O–H groups in total. The number of carbonyl (C=O) groups excluding carboxylic acids is 2. The van der Waals surface area contributed by atoms with E-state index in [0.717, 1.165) is 29.9 Å². The van der Waals surface area contributed by atoms with Crippen LogP contribution in [0, 0.1) is 0 Å². The molecule has 0 aliphatic carbocycles. The number of likely N-dealkylation sites (N-methyl/N-ethyl adjacent to an activating group) is 1. The van der Waals surface area contributed by atoms with Crippen molar-refractivity contribution in [3.05, 3.63) is 65.7 Å². The maximum absolute atomic E-state index is 13.0. The molecule has 1 atom stereocenters. The smallest absolute Gasteiger partial charge is 0.310 e. The lowest BCUT2D eigenvalue weighted by molar-refractivity contribution is -0.142. The van der Waals surface area contributed by atoms with Crippen LogP contribution in [0.2, 0.25) is 0 Å². The molecule has 3 rings (SSSR count). The van der Waals surface area contributed by atoms with Crippen LogP contribution in [-0.4, -0.2) is 56.6 Å². The molecule has 6 nitrogen and oxygen atoms in total. The van der Waals surface area contributed by atoms with Crippen molar-refractivity contribution in [3.8, 4) is 0 Å². The lowest BCUT2D eigenvalue weighted by Gasteiger charge is -2.37. The first-order valence-corrected chi connectivity index (χ1v) is 10.1. The molecule has 29 heavy (non-hydrogen) atoms. The fourth-order valence-electron chi connectivity index (χ4n) is 3.65. The first-order valence-electron chi connectivity index (χ1n) is 10.1. The minimum Gasteiger partial charge on any atom is -0.466 e. The van der Waals surface area contributed by atoms with Gasteiger partial charge in [0.25, 0.3) is 0 Å². The molecule has 2 aromatic rings. The Morgan fingerprint density at radius 2 is 1.66 bits per heavy atom. The van der Waals surface area contributed by atoms with Gasteiger partial charge in [0.1, 0.15) is 6.04 Å². The number of benzene rings is 2. The molecule has 2 aromatic carbocycles. The molecular weight excluding hydrogens is 366 g/mol. The second-order valence-corrected chi connectivity index (χ2v) is 7.09. The molecule has 1 aliphatic rings. The number of amides is 1. The molecule has 1 amide bonds. The number of anilines is 1. The van der Waals surface area contributed by atoms with E-state index < -0.39 is 0 Å². The van der Waals surface area contributed by atoms with Crippen LogP contribution in [0.5, 0.6) is 0 Å². The number of piperazine rings is 1. The largest absolute Gasteiger partial charge is 0.466 e. The molecule has 6 heteroatoms. The van der Waals surface area contributed by atoms with Gasteiger partial charge in [-0.15, -0.1) is 0 Å². The lowest BCUT2D eigenvalue weighted by atomic mass is 10.1. The Kier molecular flexibility index (Phi) is 7.25. The van der Waals surface area contributed by atoms with Crippen LogP contribution in [0.15, 0.2) is 54.6 Å². The van der Waals surface area contributed by atoms with E-state index in [4.69, 9.17) is 4.74 Å². The topological polar surface area (TPSA) is 61.9 Å². The Labute approximate surface area is 172 Å². The monoisotopic (exact) mass is 395 g/mol. The molecular formula is C23H29N3O3. The van der Waals surface area contributed by atoms with E-state index in [-0.39, 0.29) is 17.9 Å². The van der Waals surface area contributed by atoms with Crippen molar-refractivity contribution in [1.82, 2.24) is 10.2 Å². The minimum absolute atomic E-state index is 0.114. The van der Waals surface area contributed by atoms with E-state index in [0.29, 0.717) is 26.1 Å². The summed E-state index contributed by atoms with van der Waals surface area (Å²) in [6.07, 6.45) is 0.293. The number of ether oxygens (including phenoxy) is 1. The van der Waals surface area contributed by atoms with E-state index in [1.807, 2.05) is 73.5 Å². The highest BCUT2D eigenvalue weighted by Crippen LogP contribution is 2.20. The van der Waals surface area contributed by atoms with E-state index in [9.17, 15) is 9.59 Å². The van der Waals surface area contributed by atoms with Crippen LogP contribution in [-0.2, 0) is 20.7 Å². The lowest BCUT2D eigenvalue weighted by Crippen LogP contribution is -2.51. The second-order valence-electron chi connectivity index (χ2n) is 7.09. The predicted octanol–water partition coefficient (Wildman–Crippen LogP) is 2.40. The molecule has 0 spiro atoms. The third-order valence-corrected chi connectivity index (χ3v) is 5.22. The number of rotatable bonds is 7. The van der Waals surface area contributed by atoms with E-state index in [2.05, 4.69) is 10.2 Å². The number of nitrogens with one attached hydrogen (secondary N) is 1. The molecule has 0 bridgehead atoms. The summed E-state index contributed by atoms with van der Waals surface area (Å²) >= 11 is 0. The zero-order chi connectivity index (χ0) is 20.6. The molecule has 1 fully saturated rings. The first-order chi connectivity index (χ1) is 14.1. The Morgan fingerprint density at radius 3 is 2.24 bits per heavy atom. The summed E-state index contributed by atoms with van der Waals surface area (Å²) in [6.45, 7) is 5.16. The zero-order valence-corrected chi connectivity index (χ0v) is 17.1. The Balaban J connectivity index is 1.56. The fourth-order valence-corrected chi connectivity index (χ4v) is 3.65. The highest BCUT2D eigenvalue weighted by molar-refractivity contribution is 5.83. The molecule has 0 radical (unpaired) electrons. The highest BCUT2D eigenvalue weighted by Gasteiger charge is 2.27. The number of nitrogens with zero attached hydrogens (tertiary/aromatic N) is 2. The van der Waals surface area contributed by atoms with Gasteiger partial charge in [-0.2, -0.15) is 0 Å². The van der Waals surface area contributed by atoms with Gasteiger partial charge in [0.05, 0.1) is 13.0 Å². The second kappa shape index (κ2) is 10.1. The van der Waals surface area contributed by atoms with Gasteiger partial charge < -0.3 is 19.9 Å². The van der Waals surface area contributed by atoms with Gasteiger partial charge in [-0.1, -0.05) is 42.5 Å². The molecule has 1 saturated heterocycles. The normalized spacial score (nSPS) is 15.1. The third kappa shape index (κ3) is 5.35. The number of carbonyl (C=O) groups is 2. The summed E-state index contributed by atoms with van der Waals surface area (Å²) in [5.74, 6) is -0.0898. The van der Waals surface area contributed by atoms with Gasteiger partial charge in [0.2, 0.25) is 5.91 Å². The van der Waals surface area contributed by atoms with Crippen molar-refractivity contribution >= 4 is 17.6 Å². The average Bonchev–Trinajstić information content (AvgIpc) is 2.76. The van der Waals surface area contributed by atoms with Crippen LogP contribution in [0.4, 0.5) is 5.69 Å². The van der Waals surface area contributed by atoms with Crippen LogP contribution in [0.3, 0.4) is 0 Å². The van der Waals surface area contributed by atoms with Crippen LogP contribution in [0.1, 0.15) is 24.1 Å². The van der Waals surface area contributed by atoms with Crippen molar-refractivity contribution in [2.45, 2.75) is 19.4 Å². The average molecular weight is 396 g/mol. The van der Waals surface area contributed by atoms with Gasteiger partial charge in [0.15, 0.2) is 0 Å². The van der Waals surface area contributed by atoms with Crippen molar-refractivity contribution in [1.29, 1.82) is 0 Å². The SMILES string of the molecule is CCOC(=O)Cc1ccc(N2CCN(C(=O)C(NC)c3ccccc3)CC2)cc1. The summed E-state index contributed by atoms with van der Waals surface area (Å²) in [6, 6.07) is 17.5. The first kappa shape index (κ1) is 20.9. The van der Waals surface area contributed by atoms with Crippen molar-refractivity contribution in [2.24, 2.45) is 0 Å². The molecule has 0 saturated carbocycles. The van der Waals surface area contributed by atoms with Crippen LogP contribution in [0.25, 0.3) is 0 Å². The summed E-state index contributed by atoms with van der Waals surface area (Å²) in [5.41, 5.74) is 3.04. The summed E-state index contributed by atoms with van der Waals surface area (Å²) in [4.78, 5) is 28.8. The predicted molar refractivity (Wildman–Crippen MR) is 114 cm³/mol. The molecule has 154 valence electrons. The minimum atomic E-state index is -0.315. The quantitative estimate of drug-likeness (QED) is 0.730. The molecule has 1 aliphatic heterocycles. The Hall–Kier alpha value is -2.86. The molecule has 1 heterocycles. The summed E-state index contributed by atoms with van der Waals surface area (Å²) < 4.78 is 5.00. The van der Waals surface area contributed by atoms with Crippen LogP contribution >= 0.6 is 0 Å². The maximum atomic E-state index is 13.0. The number of hydrogen-bond donors (Lipinski definition) is 1. The van der Waals surface area contributed by atoms with Crippen molar-refractivity contribution < 1.29 is 14.3 Å². The summed E-state index contributed by atoms with van der Waals surface area (Å²) in [5, 5.41) is 3.15. The van der Waals surface area contributed by atoms with Gasteiger partial charge in [-0.05, 0) is 37.2 Å². The molecule has 0 aromatic heterocycles. The standard InChI is InChI=1S/C23H29N3O3/c1-3-29-21(27)17-18-9-11-20(12-10-18)25-13-15-26(16-14-25)23(28)22(24-2)19-7-5-4-6-8-19/h4-12,22,24H,3,13-17H2,1-2H3. The van der Waals surface area contributed by atoms with E-state index >= 15 is 0 Å². The van der Waals surface area contributed by atoms with Gasteiger partial charge in [0, 0.05) is 31.9 Å². The third-order valence-electron chi connectivity index (χ3n) is 5.22. The Morgan fingerprint density at radius 1 is 1.00 bits per heavy atom. The zero-order valence-electron chi connectivity index (χ0n) is 17.1. The van der Waals surface area contributed by atoms with Crippen LogP contribution < -0.4 is 10.2 Å². The fraction of sp³-hybridized carbons (Fsp3) is 0.391. The maximum Gasteiger partial charge on any atom is 0.310 e. The summed E-state index contributed by atoms with van der Waals surface area (Å²) in [7, 11) is 1.82. The van der Waals surface area contributed by atoms with E-state index in [1.165, 1.54) is 0 Å². The van der Waals surface area contributed by atoms with E-state index in [1.54, 1.807) is 0 Å².